The number of nitrogens with zero attached hydrogens (tertiary/aromatic N) is 3. The van der Waals surface area contributed by atoms with Gasteiger partial charge in [-0.3, -0.25) is 9.36 Å². The molecule has 0 unspecified atom stereocenters. The quantitative estimate of drug-likeness (QED) is 0.380. The van der Waals surface area contributed by atoms with Crippen molar-refractivity contribution < 1.29 is 28.3 Å². The molecule has 0 aliphatic rings. The Morgan fingerprint density at radius 1 is 1.22 bits per heavy atom. The molecule has 3 heterocycles. The number of rotatable bonds is 8. The van der Waals surface area contributed by atoms with Crippen LogP contribution in [0.2, 0.25) is 0 Å². The number of amides is 1. The van der Waals surface area contributed by atoms with Crippen LogP contribution in [-0.2, 0) is 14.3 Å². The molecule has 3 aromatic heterocycles. The summed E-state index contributed by atoms with van der Waals surface area (Å²) in [5, 5.41) is 11.8. The van der Waals surface area contributed by atoms with Gasteiger partial charge in [0, 0.05) is 6.04 Å². The molecule has 32 heavy (non-hydrogen) atoms. The monoisotopic (exact) mass is 478 g/mol. The number of carbonyl (C=O) groups excluding carboxylic acids is 3. The number of carbonyl (C=O) groups is 3. The normalized spacial score (nSPS) is 10.9. The van der Waals surface area contributed by atoms with Gasteiger partial charge in [-0.15, -0.1) is 21.5 Å². The second-order valence-electron chi connectivity index (χ2n) is 6.83. The Kier molecular flexibility index (Phi) is 7.36. The molecule has 0 spiro atoms. The van der Waals surface area contributed by atoms with Gasteiger partial charge in [0.25, 0.3) is 0 Å². The fraction of sp³-hybridized carbons (Fsp3) is 0.350. The lowest BCUT2D eigenvalue weighted by Crippen LogP contribution is -2.16. The minimum absolute atomic E-state index is 0.00806. The van der Waals surface area contributed by atoms with Crippen molar-refractivity contribution in [3.05, 3.63) is 34.4 Å². The van der Waals surface area contributed by atoms with Gasteiger partial charge in [-0.25, -0.2) is 9.59 Å². The van der Waals surface area contributed by atoms with Crippen LogP contribution in [0.5, 0.6) is 0 Å². The van der Waals surface area contributed by atoms with Crippen LogP contribution in [0.25, 0.3) is 11.6 Å². The molecule has 0 saturated heterocycles. The van der Waals surface area contributed by atoms with Gasteiger partial charge in [-0.1, -0.05) is 11.8 Å². The molecule has 0 aliphatic carbocycles. The zero-order chi connectivity index (χ0) is 23.4. The van der Waals surface area contributed by atoms with Gasteiger partial charge < -0.3 is 19.2 Å². The van der Waals surface area contributed by atoms with E-state index in [4.69, 9.17) is 13.9 Å². The maximum absolute atomic E-state index is 12.7. The Morgan fingerprint density at radius 3 is 2.53 bits per heavy atom. The number of anilines is 1. The molecule has 0 aromatic carbocycles. The molecule has 3 rings (SSSR count). The number of methoxy groups -OCH3 is 2. The van der Waals surface area contributed by atoms with E-state index in [0.717, 1.165) is 11.3 Å². The summed E-state index contributed by atoms with van der Waals surface area (Å²) in [4.78, 5) is 37.1. The predicted molar refractivity (Wildman–Crippen MR) is 119 cm³/mol. The molecule has 0 bridgehead atoms. The minimum Gasteiger partial charge on any atom is -0.465 e. The van der Waals surface area contributed by atoms with E-state index in [2.05, 4.69) is 15.5 Å². The maximum Gasteiger partial charge on any atom is 0.348 e. The molecule has 0 atom stereocenters. The molecule has 170 valence electrons. The Labute approximate surface area is 192 Å². The first kappa shape index (κ1) is 23.5. The highest BCUT2D eigenvalue weighted by Gasteiger charge is 2.27. The first-order valence-corrected chi connectivity index (χ1v) is 11.3. The Hall–Kier alpha value is -3.12. The largest absolute Gasteiger partial charge is 0.465 e. The Morgan fingerprint density at radius 2 is 1.94 bits per heavy atom. The van der Waals surface area contributed by atoms with Crippen molar-refractivity contribution in [3.63, 3.8) is 0 Å². The van der Waals surface area contributed by atoms with E-state index in [9.17, 15) is 14.4 Å². The Bertz CT molecular complexity index is 1130. The average molecular weight is 479 g/mol. The number of furan rings is 1. The maximum atomic E-state index is 12.7. The number of aromatic nitrogens is 3. The van der Waals surface area contributed by atoms with Crippen LogP contribution in [0.15, 0.2) is 28.0 Å². The van der Waals surface area contributed by atoms with Gasteiger partial charge in [0.2, 0.25) is 11.7 Å². The number of thiophene rings is 1. The van der Waals surface area contributed by atoms with Gasteiger partial charge in [-0.05, 0) is 38.5 Å². The second-order valence-corrected chi connectivity index (χ2v) is 8.79. The molecule has 1 N–H and O–H groups in total. The van der Waals surface area contributed by atoms with Gasteiger partial charge in [0.1, 0.15) is 9.88 Å². The van der Waals surface area contributed by atoms with Crippen LogP contribution < -0.4 is 5.32 Å². The van der Waals surface area contributed by atoms with Crippen molar-refractivity contribution in [2.75, 3.05) is 25.3 Å². The molecule has 0 saturated carbocycles. The van der Waals surface area contributed by atoms with E-state index in [0.29, 0.717) is 22.3 Å². The topological polar surface area (TPSA) is 126 Å². The van der Waals surface area contributed by atoms with Crippen LogP contribution in [0.1, 0.15) is 45.5 Å². The lowest BCUT2D eigenvalue weighted by Gasteiger charge is -2.12. The van der Waals surface area contributed by atoms with Gasteiger partial charge in [-0.2, -0.15) is 0 Å². The van der Waals surface area contributed by atoms with E-state index >= 15 is 0 Å². The summed E-state index contributed by atoms with van der Waals surface area (Å²) >= 11 is 2.16. The van der Waals surface area contributed by atoms with Crippen LogP contribution in [-0.4, -0.2) is 52.6 Å². The van der Waals surface area contributed by atoms with E-state index < -0.39 is 11.9 Å². The highest BCUT2D eigenvalue weighted by Crippen LogP contribution is 2.34. The second kappa shape index (κ2) is 10.0. The summed E-state index contributed by atoms with van der Waals surface area (Å²) in [7, 11) is 2.48. The first-order valence-electron chi connectivity index (χ1n) is 9.49. The summed E-state index contributed by atoms with van der Waals surface area (Å²) in [6, 6.07) is 3.58. The Balaban J connectivity index is 1.79. The molecule has 1 amide bonds. The summed E-state index contributed by atoms with van der Waals surface area (Å²) in [6.07, 6.45) is 1.55. The van der Waals surface area contributed by atoms with Crippen LogP contribution >= 0.6 is 23.1 Å². The molecular weight excluding hydrogens is 456 g/mol. The van der Waals surface area contributed by atoms with E-state index in [-0.39, 0.29) is 33.1 Å². The smallest absolute Gasteiger partial charge is 0.348 e. The van der Waals surface area contributed by atoms with E-state index in [1.54, 1.807) is 25.3 Å². The van der Waals surface area contributed by atoms with Crippen molar-refractivity contribution >= 4 is 45.9 Å². The number of hydrogen-bond acceptors (Lipinski definition) is 10. The zero-order valence-electron chi connectivity index (χ0n) is 18.1. The molecule has 0 radical (unpaired) electrons. The molecule has 3 aromatic rings. The number of hydrogen-bond donors (Lipinski definition) is 1. The van der Waals surface area contributed by atoms with Crippen molar-refractivity contribution in [1.29, 1.82) is 0 Å². The molecule has 10 nitrogen and oxygen atoms in total. The van der Waals surface area contributed by atoms with Gasteiger partial charge >= 0.3 is 11.9 Å². The fourth-order valence-electron chi connectivity index (χ4n) is 2.94. The molecule has 0 aliphatic heterocycles. The standard InChI is InChI=1S/C20H22N4O6S2/c1-10(2)24-16(12-7-6-8-30-12)22-23-20(24)31-9-13(25)21-17-14(18(26)28-4)11(3)15(32-17)19(27)29-5/h6-8,10H,9H2,1-5H3,(H,21,25). The average Bonchev–Trinajstić information content (AvgIpc) is 3.50. The zero-order valence-corrected chi connectivity index (χ0v) is 19.8. The lowest BCUT2D eigenvalue weighted by atomic mass is 10.1. The van der Waals surface area contributed by atoms with E-state index in [1.165, 1.54) is 26.0 Å². The first-order chi connectivity index (χ1) is 15.3. The minimum atomic E-state index is -0.653. The predicted octanol–water partition coefficient (Wildman–Crippen LogP) is 3.79. The third-order valence-electron chi connectivity index (χ3n) is 4.41. The van der Waals surface area contributed by atoms with Crippen molar-refractivity contribution in [3.8, 4) is 11.6 Å². The third-order valence-corrected chi connectivity index (χ3v) is 6.55. The van der Waals surface area contributed by atoms with Gasteiger partial charge in [0.15, 0.2) is 10.9 Å². The lowest BCUT2D eigenvalue weighted by molar-refractivity contribution is -0.113. The summed E-state index contributed by atoms with van der Waals surface area (Å²) in [5.74, 6) is -0.473. The number of esters is 2. The number of thioether (sulfide) groups is 1. The van der Waals surface area contributed by atoms with Crippen molar-refractivity contribution in [1.82, 2.24) is 14.8 Å². The van der Waals surface area contributed by atoms with Crippen molar-refractivity contribution in [2.45, 2.75) is 32.0 Å². The highest BCUT2D eigenvalue weighted by atomic mass is 32.2. The number of ether oxygens (including phenoxy) is 2. The SMILES string of the molecule is COC(=O)c1sc(NC(=O)CSc2nnc(-c3ccco3)n2C(C)C)c(C(=O)OC)c1C. The molecular formula is C20H22N4O6S2. The highest BCUT2D eigenvalue weighted by molar-refractivity contribution is 7.99. The van der Waals surface area contributed by atoms with Crippen LogP contribution in [0, 0.1) is 6.92 Å². The van der Waals surface area contributed by atoms with Crippen molar-refractivity contribution in [2.24, 2.45) is 0 Å². The molecule has 12 heteroatoms. The molecule has 0 fully saturated rings. The number of nitrogens with one attached hydrogen (secondary N) is 1. The third kappa shape index (κ3) is 4.70. The summed E-state index contributed by atoms with van der Waals surface area (Å²) in [5.41, 5.74) is 0.515. The summed E-state index contributed by atoms with van der Waals surface area (Å²) < 4.78 is 16.9. The van der Waals surface area contributed by atoms with Gasteiger partial charge in [0.05, 0.1) is 31.8 Å². The van der Waals surface area contributed by atoms with Crippen LogP contribution in [0.4, 0.5) is 5.00 Å². The summed E-state index contributed by atoms with van der Waals surface area (Å²) in [6.45, 7) is 5.55. The van der Waals surface area contributed by atoms with Crippen LogP contribution in [0.3, 0.4) is 0 Å². The van der Waals surface area contributed by atoms with E-state index in [1.807, 2.05) is 18.4 Å². The fourth-order valence-corrected chi connectivity index (χ4v) is 4.94.